The predicted molar refractivity (Wildman–Crippen MR) is 64.7 cm³/mol. The Balaban J connectivity index is 4.43. The van der Waals surface area contributed by atoms with Gasteiger partial charge in [-0.05, 0) is 0 Å². The van der Waals surface area contributed by atoms with E-state index in [2.05, 4.69) is 11.2 Å². The van der Waals surface area contributed by atoms with E-state index in [0.717, 1.165) is 4.90 Å². The summed E-state index contributed by atoms with van der Waals surface area (Å²) in [6.45, 7) is -0.138. The van der Waals surface area contributed by atoms with Crippen LogP contribution in [0.4, 0.5) is 4.79 Å². The van der Waals surface area contributed by atoms with Gasteiger partial charge in [0.2, 0.25) is 5.91 Å². The lowest BCUT2D eigenvalue weighted by Crippen LogP contribution is -2.48. The highest BCUT2D eigenvalue weighted by Gasteiger charge is 2.21. The molecule has 2 N–H and O–H groups in total. The van der Waals surface area contributed by atoms with Gasteiger partial charge in [0.05, 0.1) is 0 Å². The second-order valence-corrected chi connectivity index (χ2v) is 3.89. The molecule has 1 unspecified atom stereocenters. The zero-order valence-electron chi connectivity index (χ0n) is 10.6. The van der Waals surface area contributed by atoms with Crippen LogP contribution in [0.25, 0.3) is 0 Å². The number of carbonyl (C=O) groups is 3. The van der Waals surface area contributed by atoms with Crippen molar-refractivity contribution < 1.29 is 19.5 Å². The average Bonchev–Trinajstić information content (AvgIpc) is 2.27. The first-order chi connectivity index (χ1) is 8.29. The van der Waals surface area contributed by atoms with E-state index in [9.17, 15) is 14.4 Å². The number of nitrogens with one attached hydrogen (secondary N) is 1. The fraction of sp³-hybridized carbons (Fsp3) is 0.545. The Morgan fingerprint density at radius 2 is 1.89 bits per heavy atom. The maximum atomic E-state index is 11.6. The molecule has 0 heterocycles. The van der Waals surface area contributed by atoms with Crippen LogP contribution in [0.3, 0.4) is 0 Å². The third-order valence-corrected chi connectivity index (χ3v) is 2.14. The second kappa shape index (κ2) is 7.17. The van der Waals surface area contributed by atoms with Crippen LogP contribution in [0.2, 0.25) is 0 Å². The molecule has 7 heteroatoms. The Labute approximate surface area is 106 Å². The van der Waals surface area contributed by atoms with Crippen molar-refractivity contribution in [1.29, 1.82) is 0 Å². The summed E-state index contributed by atoms with van der Waals surface area (Å²) in [5, 5.41) is 11.0. The summed E-state index contributed by atoms with van der Waals surface area (Å²) in [4.78, 5) is 36.2. The van der Waals surface area contributed by atoms with E-state index in [0.29, 0.717) is 0 Å². The summed E-state index contributed by atoms with van der Waals surface area (Å²) < 4.78 is 0. The smallest absolute Gasteiger partial charge is 0.327 e. The van der Waals surface area contributed by atoms with Crippen molar-refractivity contribution in [3.05, 3.63) is 0 Å². The largest absolute Gasteiger partial charge is 0.480 e. The monoisotopic (exact) mass is 255 g/mol. The number of aliphatic carboxylic acids is 1. The van der Waals surface area contributed by atoms with Crippen LogP contribution in [-0.2, 0) is 9.59 Å². The number of carboxylic acid groups (broad SMARTS) is 1. The normalized spacial score (nSPS) is 11.0. The maximum absolute atomic E-state index is 11.6. The summed E-state index contributed by atoms with van der Waals surface area (Å²) >= 11 is 0. The Morgan fingerprint density at radius 3 is 2.28 bits per heavy atom. The summed E-state index contributed by atoms with van der Waals surface area (Å²) in [6, 6.07) is -1.81. The molecule has 0 aliphatic carbocycles. The van der Waals surface area contributed by atoms with Crippen molar-refractivity contribution in [3.63, 3.8) is 0 Å². The Kier molecular flexibility index (Phi) is 6.28. The van der Waals surface area contributed by atoms with Gasteiger partial charge in [-0.2, -0.15) is 0 Å². The number of nitrogens with zero attached hydrogens (tertiary/aromatic N) is 2. The minimum Gasteiger partial charge on any atom is -0.480 e. The van der Waals surface area contributed by atoms with E-state index in [4.69, 9.17) is 11.5 Å². The van der Waals surface area contributed by atoms with Crippen molar-refractivity contribution in [3.8, 4) is 12.3 Å². The standard InChI is InChI=1S/C11H17N3O4/c1-5-6-8(10(16)17)12-11(18)14(4)7-9(15)13(2)3/h1,8H,6-7H2,2-4H3,(H,12,18)(H,16,17). The van der Waals surface area contributed by atoms with Crippen LogP contribution in [0, 0.1) is 12.3 Å². The fourth-order valence-corrected chi connectivity index (χ4v) is 0.993. The number of carbonyl (C=O) groups excluding carboxylic acids is 2. The molecule has 3 amide bonds. The van der Waals surface area contributed by atoms with Gasteiger partial charge in [0.25, 0.3) is 0 Å². The first-order valence-electron chi connectivity index (χ1n) is 5.17. The Bertz CT molecular complexity index is 373. The van der Waals surface area contributed by atoms with Gasteiger partial charge >= 0.3 is 12.0 Å². The highest BCUT2D eigenvalue weighted by atomic mass is 16.4. The van der Waals surface area contributed by atoms with E-state index in [1.165, 1.54) is 11.9 Å². The van der Waals surface area contributed by atoms with Crippen LogP contribution in [-0.4, -0.2) is 66.5 Å². The van der Waals surface area contributed by atoms with Crippen molar-refractivity contribution in [2.45, 2.75) is 12.5 Å². The molecule has 0 rings (SSSR count). The molecule has 0 aliphatic heterocycles. The molecule has 0 fully saturated rings. The quantitative estimate of drug-likeness (QED) is 0.629. The lowest BCUT2D eigenvalue weighted by atomic mass is 10.2. The molecule has 0 aliphatic rings. The van der Waals surface area contributed by atoms with Crippen LogP contribution >= 0.6 is 0 Å². The lowest BCUT2D eigenvalue weighted by Gasteiger charge is -2.21. The number of amides is 3. The molecular weight excluding hydrogens is 238 g/mol. The number of likely N-dealkylation sites (N-methyl/N-ethyl adjacent to an activating group) is 2. The van der Waals surface area contributed by atoms with E-state index >= 15 is 0 Å². The predicted octanol–water partition coefficient (Wildman–Crippen LogP) is -0.807. The zero-order valence-corrected chi connectivity index (χ0v) is 10.6. The molecule has 0 radical (unpaired) electrons. The van der Waals surface area contributed by atoms with E-state index in [-0.39, 0.29) is 18.9 Å². The first-order valence-corrected chi connectivity index (χ1v) is 5.17. The van der Waals surface area contributed by atoms with Crippen LogP contribution in [0.1, 0.15) is 6.42 Å². The third-order valence-electron chi connectivity index (χ3n) is 2.14. The topological polar surface area (TPSA) is 90.0 Å². The number of carboxylic acids is 1. The van der Waals surface area contributed by atoms with Crippen molar-refractivity contribution in [1.82, 2.24) is 15.1 Å². The van der Waals surface area contributed by atoms with E-state index in [1.807, 2.05) is 0 Å². The Hall–Kier alpha value is -2.23. The average molecular weight is 255 g/mol. The molecule has 100 valence electrons. The number of hydrogen-bond donors (Lipinski definition) is 2. The van der Waals surface area contributed by atoms with Crippen molar-refractivity contribution in [2.24, 2.45) is 0 Å². The molecule has 0 spiro atoms. The van der Waals surface area contributed by atoms with Crippen molar-refractivity contribution >= 4 is 17.9 Å². The molecular formula is C11H17N3O4. The molecule has 7 nitrogen and oxygen atoms in total. The molecule has 0 aromatic rings. The number of rotatable bonds is 5. The highest BCUT2D eigenvalue weighted by molar-refractivity contribution is 5.86. The van der Waals surface area contributed by atoms with Crippen molar-refractivity contribution in [2.75, 3.05) is 27.7 Å². The molecule has 0 saturated carbocycles. The van der Waals surface area contributed by atoms with Crippen LogP contribution in [0.5, 0.6) is 0 Å². The van der Waals surface area contributed by atoms with E-state index in [1.54, 1.807) is 14.1 Å². The lowest BCUT2D eigenvalue weighted by molar-refractivity contribution is -0.139. The second-order valence-electron chi connectivity index (χ2n) is 3.89. The summed E-state index contributed by atoms with van der Waals surface area (Å²) in [5.41, 5.74) is 0. The molecule has 0 saturated heterocycles. The number of urea groups is 1. The SMILES string of the molecule is C#CCC(NC(=O)N(C)CC(=O)N(C)C)C(=O)O. The van der Waals surface area contributed by atoms with Gasteiger partial charge in [0, 0.05) is 27.6 Å². The van der Waals surface area contributed by atoms with Gasteiger partial charge in [0.15, 0.2) is 0 Å². The first kappa shape index (κ1) is 15.8. The maximum Gasteiger partial charge on any atom is 0.327 e. The molecule has 1 atom stereocenters. The van der Waals surface area contributed by atoms with Gasteiger partial charge in [-0.15, -0.1) is 12.3 Å². The highest BCUT2D eigenvalue weighted by Crippen LogP contribution is 1.94. The van der Waals surface area contributed by atoms with Crippen LogP contribution < -0.4 is 5.32 Å². The fourth-order valence-electron chi connectivity index (χ4n) is 0.993. The van der Waals surface area contributed by atoms with Gasteiger partial charge in [-0.1, -0.05) is 0 Å². The minimum absolute atomic E-state index is 0.115. The molecule has 0 aromatic heterocycles. The molecule has 18 heavy (non-hydrogen) atoms. The summed E-state index contributed by atoms with van der Waals surface area (Å²) in [6.07, 6.45) is 4.89. The number of hydrogen-bond acceptors (Lipinski definition) is 3. The Morgan fingerprint density at radius 1 is 1.33 bits per heavy atom. The van der Waals surface area contributed by atoms with Crippen LogP contribution in [0.15, 0.2) is 0 Å². The number of terminal acetylenes is 1. The summed E-state index contributed by atoms with van der Waals surface area (Å²) in [5.74, 6) is 0.682. The zero-order chi connectivity index (χ0) is 14.3. The third kappa shape index (κ3) is 5.21. The summed E-state index contributed by atoms with van der Waals surface area (Å²) in [7, 11) is 4.52. The van der Waals surface area contributed by atoms with Gasteiger partial charge in [-0.3, -0.25) is 4.79 Å². The molecule has 0 aromatic carbocycles. The van der Waals surface area contributed by atoms with E-state index < -0.39 is 18.0 Å². The van der Waals surface area contributed by atoms with Gasteiger partial charge in [-0.25, -0.2) is 9.59 Å². The minimum atomic E-state index is -1.21. The van der Waals surface area contributed by atoms with Gasteiger partial charge < -0.3 is 20.2 Å². The van der Waals surface area contributed by atoms with Gasteiger partial charge in [0.1, 0.15) is 12.6 Å². The molecule has 0 bridgehead atoms.